The van der Waals surface area contributed by atoms with Gasteiger partial charge in [-0.1, -0.05) is 36.9 Å². The van der Waals surface area contributed by atoms with Crippen molar-refractivity contribution in [3.63, 3.8) is 0 Å². The van der Waals surface area contributed by atoms with Gasteiger partial charge in [0.1, 0.15) is 5.69 Å². The highest BCUT2D eigenvalue weighted by molar-refractivity contribution is 5.51. The minimum atomic E-state index is -0.382. The molecule has 21 heavy (non-hydrogen) atoms. The van der Waals surface area contributed by atoms with E-state index in [1.165, 1.54) is 4.57 Å². The van der Waals surface area contributed by atoms with Gasteiger partial charge >= 0.3 is 5.69 Å². The molecule has 0 atom stereocenters. The van der Waals surface area contributed by atoms with Crippen LogP contribution in [0.1, 0.15) is 18.2 Å². The van der Waals surface area contributed by atoms with Crippen LogP contribution in [-0.2, 0) is 13.1 Å². The van der Waals surface area contributed by atoms with Crippen molar-refractivity contribution in [2.75, 3.05) is 4.90 Å². The van der Waals surface area contributed by atoms with E-state index < -0.39 is 0 Å². The Hall–Kier alpha value is -2.56. The summed E-state index contributed by atoms with van der Waals surface area (Å²) in [4.78, 5) is 28.7. The Morgan fingerprint density at radius 2 is 1.95 bits per heavy atom. The molecule has 0 spiro atoms. The fourth-order valence-corrected chi connectivity index (χ4v) is 2.31. The van der Waals surface area contributed by atoms with Crippen LogP contribution in [0.5, 0.6) is 0 Å². The second-order valence-electron chi connectivity index (χ2n) is 4.75. The first kappa shape index (κ1) is 14.8. The van der Waals surface area contributed by atoms with E-state index >= 15 is 0 Å². The molecule has 1 aromatic heterocycles. The largest absolute Gasteiger partial charge is 0.338 e. The van der Waals surface area contributed by atoms with Gasteiger partial charge in [0.25, 0.3) is 5.56 Å². The Kier molecular flexibility index (Phi) is 4.42. The minimum absolute atomic E-state index is 0.297. The standard InChI is InChI=1S/C16H19N3O2/c1-4-18(11-13-9-7-6-8-10-13)14-12(3)17-16(21)19(5-2)15(14)20/h4,6-10H,1,5,11H2,2-3H3,(H,17,21). The number of hydrogen-bond donors (Lipinski definition) is 1. The van der Waals surface area contributed by atoms with Gasteiger partial charge in [0.05, 0.1) is 0 Å². The van der Waals surface area contributed by atoms with Gasteiger partial charge in [0, 0.05) is 18.8 Å². The molecule has 110 valence electrons. The summed E-state index contributed by atoms with van der Waals surface area (Å²) >= 11 is 0. The molecule has 0 aliphatic carbocycles. The zero-order chi connectivity index (χ0) is 15.4. The molecule has 5 heteroatoms. The summed E-state index contributed by atoms with van der Waals surface area (Å²) in [5, 5.41) is 0. The summed E-state index contributed by atoms with van der Waals surface area (Å²) in [6, 6.07) is 9.80. The maximum atomic E-state index is 12.5. The van der Waals surface area contributed by atoms with Gasteiger partial charge in [-0.15, -0.1) is 0 Å². The molecule has 1 N–H and O–H groups in total. The smallest absolute Gasteiger partial charge is 0.328 e. The summed E-state index contributed by atoms with van der Waals surface area (Å²) in [5.74, 6) is 0. The first-order chi connectivity index (χ1) is 10.1. The lowest BCUT2D eigenvalue weighted by atomic mass is 10.2. The number of aromatic amines is 1. The molecular formula is C16H19N3O2. The molecule has 0 radical (unpaired) electrons. The maximum Gasteiger partial charge on any atom is 0.328 e. The van der Waals surface area contributed by atoms with Gasteiger partial charge in [-0.05, 0) is 25.6 Å². The van der Waals surface area contributed by atoms with Gasteiger partial charge in [-0.2, -0.15) is 0 Å². The first-order valence-electron chi connectivity index (χ1n) is 6.85. The van der Waals surface area contributed by atoms with Gasteiger partial charge in [-0.25, -0.2) is 4.79 Å². The Morgan fingerprint density at radius 1 is 1.29 bits per heavy atom. The van der Waals surface area contributed by atoms with Crippen molar-refractivity contribution in [2.45, 2.75) is 26.9 Å². The number of rotatable bonds is 5. The van der Waals surface area contributed by atoms with E-state index in [2.05, 4.69) is 11.6 Å². The summed E-state index contributed by atoms with van der Waals surface area (Å²) in [6.45, 7) is 8.13. The third-order valence-electron chi connectivity index (χ3n) is 3.36. The third kappa shape index (κ3) is 2.97. The lowest BCUT2D eigenvalue weighted by Gasteiger charge is -2.21. The van der Waals surface area contributed by atoms with Crippen LogP contribution < -0.4 is 16.1 Å². The van der Waals surface area contributed by atoms with Crippen LogP contribution in [0.15, 0.2) is 52.7 Å². The summed E-state index contributed by atoms with van der Waals surface area (Å²) in [7, 11) is 0. The second kappa shape index (κ2) is 6.26. The maximum absolute atomic E-state index is 12.5. The number of anilines is 1. The zero-order valence-electron chi connectivity index (χ0n) is 12.3. The highest BCUT2D eigenvalue weighted by atomic mass is 16.2. The average molecular weight is 285 g/mol. The van der Waals surface area contributed by atoms with E-state index in [-0.39, 0.29) is 11.2 Å². The number of aryl methyl sites for hydroxylation is 1. The molecule has 2 aromatic rings. The molecule has 0 amide bonds. The van der Waals surface area contributed by atoms with Gasteiger partial charge in [0.15, 0.2) is 0 Å². The van der Waals surface area contributed by atoms with Crippen LogP contribution in [0.3, 0.4) is 0 Å². The van der Waals surface area contributed by atoms with Gasteiger partial charge in [0.2, 0.25) is 0 Å². The molecular weight excluding hydrogens is 266 g/mol. The van der Waals surface area contributed by atoms with Crippen LogP contribution in [0.4, 0.5) is 5.69 Å². The topological polar surface area (TPSA) is 58.1 Å². The number of hydrogen-bond acceptors (Lipinski definition) is 3. The van der Waals surface area contributed by atoms with Crippen molar-refractivity contribution < 1.29 is 0 Å². The predicted molar refractivity (Wildman–Crippen MR) is 84.6 cm³/mol. The van der Waals surface area contributed by atoms with Crippen LogP contribution >= 0.6 is 0 Å². The molecule has 0 unspecified atom stereocenters. The van der Waals surface area contributed by atoms with E-state index in [1.807, 2.05) is 30.3 Å². The monoisotopic (exact) mass is 285 g/mol. The number of H-pyrrole nitrogens is 1. The minimum Gasteiger partial charge on any atom is -0.338 e. The molecule has 0 aliphatic rings. The van der Waals surface area contributed by atoms with Crippen LogP contribution in [0.25, 0.3) is 0 Å². The van der Waals surface area contributed by atoms with Crippen LogP contribution in [0.2, 0.25) is 0 Å². The highest BCUT2D eigenvalue weighted by Gasteiger charge is 2.15. The zero-order valence-corrected chi connectivity index (χ0v) is 12.3. The number of nitrogens with zero attached hydrogens (tertiary/aromatic N) is 2. The fraction of sp³-hybridized carbons (Fsp3) is 0.250. The van der Waals surface area contributed by atoms with Crippen molar-refractivity contribution in [2.24, 2.45) is 0 Å². The first-order valence-corrected chi connectivity index (χ1v) is 6.85. The Labute approximate surface area is 123 Å². The van der Waals surface area contributed by atoms with Crippen molar-refractivity contribution in [1.29, 1.82) is 0 Å². The summed E-state index contributed by atoms with van der Waals surface area (Å²) in [5.41, 5.74) is 1.38. The quantitative estimate of drug-likeness (QED) is 0.914. The lowest BCUT2D eigenvalue weighted by Crippen LogP contribution is -2.39. The van der Waals surface area contributed by atoms with Crippen LogP contribution in [-0.4, -0.2) is 9.55 Å². The van der Waals surface area contributed by atoms with E-state index in [4.69, 9.17) is 0 Å². The van der Waals surface area contributed by atoms with Crippen LogP contribution in [0, 0.1) is 6.92 Å². The highest BCUT2D eigenvalue weighted by Crippen LogP contribution is 2.15. The average Bonchev–Trinajstić information content (AvgIpc) is 2.47. The Bertz CT molecular complexity index is 744. The fourth-order valence-electron chi connectivity index (χ4n) is 2.31. The van der Waals surface area contributed by atoms with E-state index in [0.717, 1.165) is 5.56 Å². The Morgan fingerprint density at radius 3 is 2.52 bits per heavy atom. The lowest BCUT2D eigenvalue weighted by molar-refractivity contribution is 0.664. The van der Waals surface area contributed by atoms with E-state index in [9.17, 15) is 9.59 Å². The van der Waals surface area contributed by atoms with Gasteiger partial charge < -0.3 is 9.88 Å². The van der Waals surface area contributed by atoms with E-state index in [1.54, 1.807) is 24.9 Å². The molecule has 0 fully saturated rings. The molecule has 0 bridgehead atoms. The number of aromatic nitrogens is 2. The van der Waals surface area contributed by atoms with Crippen molar-refractivity contribution >= 4 is 5.69 Å². The Balaban J connectivity index is 2.50. The predicted octanol–water partition coefficient (Wildman–Crippen LogP) is 2.02. The molecule has 5 nitrogen and oxygen atoms in total. The van der Waals surface area contributed by atoms with E-state index in [0.29, 0.717) is 24.5 Å². The second-order valence-corrected chi connectivity index (χ2v) is 4.75. The normalized spacial score (nSPS) is 10.4. The number of benzene rings is 1. The summed E-state index contributed by atoms with van der Waals surface area (Å²) < 4.78 is 1.18. The molecule has 1 heterocycles. The molecule has 0 saturated carbocycles. The summed E-state index contributed by atoms with van der Waals surface area (Å²) in [6.07, 6.45) is 1.61. The van der Waals surface area contributed by atoms with Crippen molar-refractivity contribution in [1.82, 2.24) is 9.55 Å². The van der Waals surface area contributed by atoms with Gasteiger partial charge in [-0.3, -0.25) is 9.36 Å². The molecule has 0 aliphatic heterocycles. The number of nitrogens with one attached hydrogen (secondary N) is 1. The molecule has 1 aromatic carbocycles. The van der Waals surface area contributed by atoms with Crippen molar-refractivity contribution in [3.8, 4) is 0 Å². The molecule has 2 rings (SSSR count). The van der Waals surface area contributed by atoms with Crippen molar-refractivity contribution in [3.05, 3.63) is 75.2 Å². The SMILES string of the molecule is C=CN(Cc1ccccc1)c1c(C)[nH]c(=O)n(CC)c1=O. The molecule has 0 saturated heterocycles. The third-order valence-corrected chi connectivity index (χ3v) is 3.36.